The number of aliphatic imine (C=N–C) groups is 2. The van der Waals surface area contributed by atoms with E-state index < -0.39 is 0 Å². The third-order valence-corrected chi connectivity index (χ3v) is 3.70. The van der Waals surface area contributed by atoms with Crippen LogP contribution in [0.1, 0.15) is 31.4 Å². The summed E-state index contributed by atoms with van der Waals surface area (Å²) in [4.78, 5) is 8.59. The van der Waals surface area contributed by atoms with Crippen LogP contribution in [-0.2, 0) is 0 Å². The molecule has 1 aromatic rings. The van der Waals surface area contributed by atoms with Crippen molar-refractivity contribution < 1.29 is 9.47 Å². The standard InChI is InChI=1S/C16H22ClN3O2/c1-4-5-14(19-16-10-18-9-15(17)20-16)11-6-12(21-2)8-13(7-11)22-3/h6-9,14,16,19H,4-5,10H2,1-3H3. The summed E-state index contributed by atoms with van der Waals surface area (Å²) in [6.07, 6.45) is 3.50. The Hall–Kier alpha value is -1.59. The Bertz CT molecular complexity index is 538. The number of hydrogen-bond acceptors (Lipinski definition) is 5. The van der Waals surface area contributed by atoms with Crippen molar-refractivity contribution in [3.8, 4) is 11.5 Å². The van der Waals surface area contributed by atoms with Crippen LogP contribution in [0.25, 0.3) is 0 Å². The van der Waals surface area contributed by atoms with Gasteiger partial charge < -0.3 is 9.47 Å². The molecule has 1 heterocycles. The number of nitrogens with one attached hydrogen (secondary N) is 1. The predicted octanol–water partition coefficient (Wildman–Crippen LogP) is 3.18. The van der Waals surface area contributed by atoms with Crippen LogP contribution in [0.3, 0.4) is 0 Å². The Balaban J connectivity index is 2.21. The molecule has 2 atom stereocenters. The van der Waals surface area contributed by atoms with Gasteiger partial charge in [-0.2, -0.15) is 0 Å². The van der Waals surface area contributed by atoms with Crippen molar-refractivity contribution in [1.29, 1.82) is 0 Å². The minimum atomic E-state index is -0.105. The molecular weight excluding hydrogens is 302 g/mol. The maximum atomic E-state index is 5.93. The van der Waals surface area contributed by atoms with Crippen LogP contribution in [0, 0.1) is 0 Å². The van der Waals surface area contributed by atoms with Crippen LogP contribution < -0.4 is 14.8 Å². The number of rotatable bonds is 7. The number of methoxy groups -OCH3 is 2. The molecule has 1 N–H and O–H groups in total. The maximum Gasteiger partial charge on any atom is 0.143 e. The molecule has 1 aliphatic rings. The zero-order chi connectivity index (χ0) is 15.9. The molecular formula is C16H22ClN3O2. The van der Waals surface area contributed by atoms with E-state index in [0.717, 1.165) is 29.9 Å². The molecule has 0 fully saturated rings. The fourth-order valence-corrected chi connectivity index (χ4v) is 2.63. The van der Waals surface area contributed by atoms with E-state index in [0.29, 0.717) is 11.7 Å². The molecule has 1 aromatic carbocycles. The van der Waals surface area contributed by atoms with Gasteiger partial charge in [0.25, 0.3) is 0 Å². The first-order valence-corrected chi connectivity index (χ1v) is 7.76. The zero-order valence-corrected chi connectivity index (χ0v) is 13.9. The van der Waals surface area contributed by atoms with Crippen molar-refractivity contribution in [1.82, 2.24) is 5.32 Å². The van der Waals surface area contributed by atoms with Gasteiger partial charge in [-0.05, 0) is 24.1 Å². The molecule has 2 rings (SSSR count). The maximum absolute atomic E-state index is 5.93. The molecule has 0 aliphatic carbocycles. The predicted molar refractivity (Wildman–Crippen MR) is 90.8 cm³/mol. The first kappa shape index (κ1) is 16.8. The van der Waals surface area contributed by atoms with E-state index in [2.05, 4.69) is 22.2 Å². The van der Waals surface area contributed by atoms with Gasteiger partial charge >= 0.3 is 0 Å². The number of benzene rings is 1. The van der Waals surface area contributed by atoms with Gasteiger partial charge in [-0.15, -0.1) is 0 Å². The molecule has 22 heavy (non-hydrogen) atoms. The number of ether oxygens (including phenoxy) is 2. The van der Waals surface area contributed by atoms with Crippen molar-refractivity contribution in [3.05, 3.63) is 23.8 Å². The number of nitrogens with zero attached hydrogens (tertiary/aromatic N) is 2. The Morgan fingerprint density at radius 1 is 1.27 bits per heavy atom. The normalized spacial score (nSPS) is 18.7. The second-order valence-corrected chi connectivity index (χ2v) is 5.50. The molecule has 0 radical (unpaired) electrons. The Morgan fingerprint density at radius 3 is 2.50 bits per heavy atom. The van der Waals surface area contributed by atoms with Gasteiger partial charge in [0.1, 0.15) is 22.8 Å². The van der Waals surface area contributed by atoms with Gasteiger partial charge in [-0.25, -0.2) is 0 Å². The van der Waals surface area contributed by atoms with E-state index >= 15 is 0 Å². The first-order valence-electron chi connectivity index (χ1n) is 7.38. The fourth-order valence-electron chi connectivity index (χ4n) is 2.44. The highest BCUT2D eigenvalue weighted by Gasteiger charge is 2.19. The second kappa shape index (κ2) is 8.15. The minimum absolute atomic E-state index is 0.105. The first-order chi connectivity index (χ1) is 10.7. The third-order valence-electron chi connectivity index (χ3n) is 3.50. The molecule has 0 spiro atoms. The molecule has 2 unspecified atom stereocenters. The Kier molecular flexibility index (Phi) is 6.21. The number of hydrogen-bond donors (Lipinski definition) is 1. The van der Waals surface area contributed by atoms with E-state index in [1.165, 1.54) is 0 Å². The van der Waals surface area contributed by atoms with Gasteiger partial charge in [-0.1, -0.05) is 24.9 Å². The Morgan fingerprint density at radius 2 is 1.95 bits per heavy atom. The van der Waals surface area contributed by atoms with Crippen LogP contribution in [0.15, 0.2) is 28.2 Å². The summed E-state index contributed by atoms with van der Waals surface area (Å²) < 4.78 is 10.7. The molecule has 0 aromatic heterocycles. The van der Waals surface area contributed by atoms with Crippen molar-refractivity contribution in [2.24, 2.45) is 9.98 Å². The lowest BCUT2D eigenvalue weighted by Crippen LogP contribution is -2.36. The number of halogens is 1. The lowest BCUT2D eigenvalue weighted by molar-refractivity contribution is 0.386. The van der Waals surface area contributed by atoms with Gasteiger partial charge in [0.2, 0.25) is 0 Å². The summed E-state index contributed by atoms with van der Waals surface area (Å²) in [5, 5.41) is 3.94. The summed E-state index contributed by atoms with van der Waals surface area (Å²) in [6.45, 7) is 2.75. The molecule has 0 saturated carbocycles. The van der Waals surface area contributed by atoms with Crippen LogP contribution in [-0.4, -0.2) is 38.3 Å². The minimum Gasteiger partial charge on any atom is -0.497 e. The van der Waals surface area contributed by atoms with Crippen LogP contribution in [0.5, 0.6) is 11.5 Å². The highest BCUT2D eigenvalue weighted by molar-refractivity contribution is 6.80. The molecule has 5 nitrogen and oxygen atoms in total. The van der Waals surface area contributed by atoms with E-state index in [9.17, 15) is 0 Å². The molecule has 0 bridgehead atoms. The van der Waals surface area contributed by atoms with Gasteiger partial charge in [0.05, 0.1) is 27.0 Å². The summed E-state index contributed by atoms with van der Waals surface area (Å²) in [6, 6.07) is 6.05. The molecule has 1 aliphatic heterocycles. The van der Waals surface area contributed by atoms with E-state index in [4.69, 9.17) is 21.1 Å². The van der Waals surface area contributed by atoms with Crippen molar-refractivity contribution >= 4 is 23.0 Å². The largest absolute Gasteiger partial charge is 0.497 e. The Labute approximate surface area is 136 Å². The molecule has 0 amide bonds. The summed E-state index contributed by atoms with van der Waals surface area (Å²) in [5.41, 5.74) is 1.11. The van der Waals surface area contributed by atoms with Crippen molar-refractivity contribution in [2.75, 3.05) is 20.8 Å². The van der Waals surface area contributed by atoms with Gasteiger partial charge in [0.15, 0.2) is 0 Å². The van der Waals surface area contributed by atoms with Crippen molar-refractivity contribution in [3.63, 3.8) is 0 Å². The van der Waals surface area contributed by atoms with Crippen LogP contribution in [0.4, 0.5) is 0 Å². The topological polar surface area (TPSA) is 55.2 Å². The van der Waals surface area contributed by atoms with Crippen LogP contribution in [0.2, 0.25) is 0 Å². The average molecular weight is 324 g/mol. The van der Waals surface area contributed by atoms with Gasteiger partial charge in [-0.3, -0.25) is 15.3 Å². The summed E-state index contributed by atoms with van der Waals surface area (Å²) in [5.74, 6) is 1.56. The van der Waals surface area contributed by atoms with E-state index in [1.807, 2.05) is 18.2 Å². The second-order valence-electron chi connectivity index (χ2n) is 5.12. The smallest absolute Gasteiger partial charge is 0.143 e. The summed E-state index contributed by atoms with van der Waals surface area (Å²) >= 11 is 5.93. The molecule has 120 valence electrons. The van der Waals surface area contributed by atoms with Crippen molar-refractivity contribution in [2.45, 2.75) is 32.0 Å². The fraction of sp³-hybridized carbons (Fsp3) is 0.500. The highest BCUT2D eigenvalue weighted by Crippen LogP contribution is 2.29. The SMILES string of the molecule is CCCC(NC1CN=CC(Cl)=N1)c1cc(OC)cc(OC)c1. The highest BCUT2D eigenvalue weighted by atomic mass is 35.5. The third kappa shape index (κ3) is 4.45. The monoisotopic (exact) mass is 323 g/mol. The molecule has 6 heteroatoms. The van der Waals surface area contributed by atoms with Gasteiger partial charge in [0, 0.05) is 12.1 Å². The quantitative estimate of drug-likeness (QED) is 0.838. The lowest BCUT2D eigenvalue weighted by Gasteiger charge is -2.24. The average Bonchev–Trinajstić information content (AvgIpc) is 2.54. The zero-order valence-electron chi connectivity index (χ0n) is 13.2. The lowest BCUT2D eigenvalue weighted by atomic mass is 10.0. The van der Waals surface area contributed by atoms with E-state index in [1.54, 1.807) is 20.4 Å². The van der Waals surface area contributed by atoms with E-state index in [-0.39, 0.29) is 12.2 Å². The summed E-state index contributed by atoms with van der Waals surface area (Å²) in [7, 11) is 3.31. The van der Waals surface area contributed by atoms with Crippen LogP contribution >= 0.6 is 11.6 Å². The molecule has 0 saturated heterocycles.